The second-order valence-electron chi connectivity index (χ2n) is 15.4. The number of aromatic hydroxyl groups is 1. The third kappa shape index (κ3) is 8.25. The molecule has 2 aromatic carbocycles. The Hall–Kier alpha value is -4.12. The fraction of sp³-hybridized carbons (Fsp3) is 0.590. The Balaban J connectivity index is 1.19. The Labute approximate surface area is 297 Å². The fourth-order valence-electron chi connectivity index (χ4n) is 8.48. The van der Waals surface area contributed by atoms with Crippen molar-refractivity contribution in [2.24, 2.45) is 34.2 Å². The molecular weight excluding hydrogens is 630 g/mol. The minimum atomic E-state index is -0.709. The van der Waals surface area contributed by atoms with Crippen molar-refractivity contribution in [3.05, 3.63) is 65.2 Å². The van der Waals surface area contributed by atoms with Crippen LogP contribution in [-0.2, 0) is 31.6 Å². The molecule has 11 heteroatoms. The van der Waals surface area contributed by atoms with Gasteiger partial charge in [0, 0.05) is 25.7 Å². The van der Waals surface area contributed by atoms with Crippen molar-refractivity contribution >= 4 is 23.7 Å². The molecule has 50 heavy (non-hydrogen) atoms. The van der Waals surface area contributed by atoms with Crippen LogP contribution in [0.3, 0.4) is 0 Å². The number of nitrogens with one attached hydrogen (secondary N) is 3. The largest absolute Gasteiger partial charge is 0.508 e. The van der Waals surface area contributed by atoms with Crippen LogP contribution in [-0.4, -0.2) is 78.5 Å². The number of carbonyl (C=O) groups is 3. The standard InChI is InChI=1S/C39H57N7O4/c1-25(2)19-32(35(49)42-16-9-6-10-17-43-37(40)41)45-34(48)23-44-36(50)39(28-11-7-5-8-12-28)22-29(39)24-46-18-15-38(4)26(3)33(46)20-27-13-14-30(47)21-31(27)38/h5,7-8,11-14,21,25-26,29,32-33,47H,6,9-10,15-20,22-24H2,1-4H3,(H,42,49)(H,44,50)(H,45,48)(H4,40,41,43)/t26-,29-,32+,33-,38-,39+/m1/s1. The molecule has 0 spiro atoms. The van der Waals surface area contributed by atoms with E-state index in [9.17, 15) is 19.5 Å². The van der Waals surface area contributed by atoms with E-state index in [2.05, 4.69) is 45.8 Å². The minimum Gasteiger partial charge on any atom is -0.508 e. The van der Waals surface area contributed by atoms with Gasteiger partial charge in [0.25, 0.3) is 0 Å². The molecule has 3 aliphatic rings. The summed E-state index contributed by atoms with van der Waals surface area (Å²) in [5.74, 6) is 0.359. The van der Waals surface area contributed by atoms with Gasteiger partial charge >= 0.3 is 0 Å². The molecule has 2 fully saturated rings. The van der Waals surface area contributed by atoms with Crippen LogP contribution in [0, 0.1) is 17.8 Å². The smallest absolute Gasteiger partial charge is 0.242 e. The molecule has 272 valence electrons. The van der Waals surface area contributed by atoms with Crippen molar-refractivity contribution in [1.29, 1.82) is 0 Å². The summed E-state index contributed by atoms with van der Waals surface area (Å²) < 4.78 is 0. The van der Waals surface area contributed by atoms with Gasteiger partial charge in [-0.25, -0.2) is 0 Å². The van der Waals surface area contributed by atoms with Gasteiger partial charge < -0.3 is 32.5 Å². The first-order valence-corrected chi connectivity index (χ1v) is 18.4. The fourth-order valence-corrected chi connectivity index (χ4v) is 8.48. The van der Waals surface area contributed by atoms with E-state index < -0.39 is 11.5 Å². The van der Waals surface area contributed by atoms with Gasteiger partial charge in [0.2, 0.25) is 17.7 Å². The molecule has 0 aromatic heterocycles. The van der Waals surface area contributed by atoms with E-state index in [0.717, 1.165) is 50.8 Å². The number of phenolic OH excluding ortho intramolecular Hbond substituents is 1. The second kappa shape index (κ2) is 15.8. The number of aliphatic imine (C=N–C) groups is 1. The van der Waals surface area contributed by atoms with Crippen molar-refractivity contribution in [2.45, 2.75) is 95.6 Å². The highest BCUT2D eigenvalue weighted by atomic mass is 16.3. The van der Waals surface area contributed by atoms with Crippen LogP contribution < -0.4 is 27.4 Å². The lowest BCUT2D eigenvalue weighted by Gasteiger charge is -2.55. The number of phenols is 1. The minimum absolute atomic E-state index is 0.00194. The Morgan fingerprint density at radius 2 is 1.82 bits per heavy atom. The molecular formula is C39H57N7O4. The van der Waals surface area contributed by atoms with Crippen molar-refractivity contribution in [2.75, 3.05) is 32.7 Å². The topological polar surface area (TPSA) is 175 Å². The third-order valence-electron chi connectivity index (χ3n) is 11.6. The van der Waals surface area contributed by atoms with Gasteiger partial charge in [0.1, 0.15) is 11.8 Å². The number of benzene rings is 2. The maximum atomic E-state index is 14.1. The van der Waals surface area contributed by atoms with Gasteiger partial charge in [-0.3, -0.25) is 24.3 Å². The van der Waals surface area contributed by atoms with Gasteiger partial charge in [0.15, 0.2) is 5.96 Å². The lowest BCUT2D eigenvalue weighted by Crippen LogP contribution is -2.58. The molecule has 11 nitrogen and oxygen atoms in total. The number of amides is 3. The first kappa shape index (κ1) is 37.1. The van der Waals surface area contributed by atoms with E-state index in [4.69, 9.17) is 11.5 Å². The number of piperidine rings is 1. The lowest BCUT2D eigenvalue weighted by atomic mass is 9.59. The summed E-state index contributed by atoms with van der Waals surface area (Å²) in [6.07, 6.45) is 5.59. The molecule has 1 saturated carbocycles. The molecule has 5 rings (SSSR count). The number of hydrogen-bond donors (Lipinski definition) is 6. The van der Waals surface area contributed by atoms with E-state index in [0.29, 0.717) is 43.6 Å². The Morgan fingerprint density at radius 1 is 1.06 bits per heavy atom. The van der Waals surface area contributed by atoms with Crippen LogP contribution in [0.25, 0.3) is 0 Å². The van der Waals surface area contributed by atoms with E-state index in [-0.39, 0.29) is 47.5 Å². The number of likely N-dealkylation sites (tertiary alicyclic amines) is 1. The summed E-state index contributed by atoms with van der Waals surface area (Å²) in [5, 5.41) is 19.0. The SMILES string of the molecule is CC(C)C[C@H](NC(=O)CNC(=O)[C@]1(c2ccccc2)C[C@@H]1CN1CC[C@@]2(C)c3cc(O)ccc3C[C@@H]1[C@H]2C)C(=O)NCCCCCN=C(N)N. The van der Waals surface area contributed by atoms with Gasteiger partial charge in [-0.1, -0.05) is 64.1 Å². The van der Waals surface area contributed by atoms with Gasteiger partial charge in [-0.2, -0.15) is 0 Å². The number of rotatable bonds is 16. The van der Waals surface area contributed by atoms with Crippen LogP contribution in [0.15, 0.2) is 53.5 Å². The molecule has 8 N–H and O–H groups in total. The molecule has 2 aliphatic carbocycles. The zero-order chi connectivity index (χ0) is 36.1. The summed E-state index contributed by atoms with van der Waals surface area (Å²) in [4.78, 5) is 46.8. The highest BCUT2D eigenvalue weighted by molar-refractivity contribution is 5.95. The molecule has 2 bridgehead atoms. The van der Waals surface area contributed by atoms with Crippen molar-refractivity contribution in [1.82, 2.24) is 20.9 Å². The molecule has 1 saturated heterocycles. The average Bonchev–Trinajstić information content (AvgIpc) is 3.81. The van der Waals surface area contributed by atoms with E-state index in [1.54, 1.807) is 6.07 Å². The molecule has 0 radical (unpaired) electrons. The van der Waals surface area contributed by atoms with Crippen LogP contribution in [0.1, 0.15) is 82.9 Å². The molecule has 0 unspecified atom stereocenters. The van der Waals surface area contributed by atoms with E-state index in [1.807, 2.05) is 50.2 Å². The number of fused-ring (bicyclic) bond motifs is 4. The highest BCUT2D eigenvalue weighted by Gasteiger charge is 2.62. The predicted molar refractivity (Wildman–Crippen MR) is 196 cm³/mol. The summed E-state index contributed by atoms with van der Waals surface area (Å²) in [5.41, 5.74) is 13.6. The first-order valence-electron chi connectivity index (χ1n) is 18.4. The number of guanidine groups is 1. The van der Waals surface area contributed by atoms with Crippen LogP contribution in [0.2, 0.25) is 0 Å². The number of unbranched alkanes of at least 4 members (excludes halogenated alkanes) is 2. The Bertz CT molecular complexity index is 1540. The number of nitrogens with two attached hydrogens (primary N) is 2. The monoisotopic (exact) mass is 687 g/mol. The van der Waals surface area contributed by atoms with Crippen molar-refractivity contribution in [3.63, 3.8) is 0 Å². The van der Waals surface area contributed by atoms with Crippen molar-refractivity contribution < 1.29 is 19.5 Å². The van der Waals surface area contributed by atoms with Crippen molar-refractivity contribution in [3.8, 4) is 5.75 Å². The zero-order valence-corrected chi connectivity index (χ0v) is 30.2. The quantitative estimate of drug-likeness (QED) is 0.0893. The second-order valence-corrected chi connectivity index (χ2v) is 15.4. The third-order valence-corrected chi connectivity index (χ3v) is 11.6. The summed E-state index contributed by atoms with van der Waals surface area (Å²) in [7, 11) is 0. The first-order chi connectivity index (χ1) is 23.8. The zero-order valence-electron chi connectivity index (χ0n) is 30.2. The molecule has 1 heterocycles. The highest BCUT2D eigenvalue weighted by Crippen LogP contribution is 2.56. The molecule has 3 amide bonds. The molecule has 1 aliphatic heterocycles. The van der Waals surface area contributed by atoms with E-state index >= 15 is 0 Å². The number of nitrogens with zero attached hydrogens (tertiary/aromatic N) is 2. The summed E-state index contributed by atoms with van der Waals surface area (Å²) in [6, 6.07) is 15.4. The van der Waals surface area contributed by atoms with Crippen LogP contribution >= 0.6 is 0 Å². The predicted octanol–water partition coefficient (Wildman–Crippen LogP) is 3.08. The van der Waals surface area contributed by atoms with Crippen LogP contribution in [0.4, 0.5) is 0 Å². The molecule has 2 aromatic rings. The maximum absolute atomic E-state index is 14.1. The van der Waals surface area contributed by atoms with Gasteiger partial charge in [0.05, 0.1) is 12.0 Å². The number of hydrogen-bond acceptors (Lipinski definition) is 6. The normalized spacial score (nSPS) is 26.0. The summed E-state index contributed by atoms with van der Waals surface area (Å²) >= 11 is 0. The average molecular weight is 688 g/mol. The van der Waals surface area contributed by atoms with Gasteiger partial charge in [-0.15, -0.1) is 0 Å². The van der Waals surface area contributed by atoms with Gasteiger partial charge in [-0.05, 0) is 103 Å². The number of carbonyl (C=O) groups excluding carboxylic acids is 3. The van der Waals surface area contributed by atoms with E-state index in [1.165, 1.54) is 11.1 Å². The summed E-state index contributed by atoms with van der Waals surface area (Å²) in [6.45, 7) is 11.3. The van der Waals surface area contributed by atoms with Crippen LogP contribution in [0.5, 0.6) is 5.75 Å². The maximum Gasteiger partial charge on any atom is 0.242 e. The Morgan fingerprint density at radius 3 is 2.54 bits per heavy atom. The lowest BCUT2D eigenvalue weighted by molar-refractivity contribution is -0.130. The Kier molecular flexibility index (Phi) is 11.8. The molecule has 6 atom stereocenters.